The number of benzene rings is 2. The van der Waals surface area contributed by atoms with Crippen molar-refractivity contribution in [2.24, 2.45) is 22.6 Å². The highest BCUT2D eigenvalue weighted by molar-refractivity contribution is 5.98. The molecule has 0 aromatic heterocycles. The first-order valence-electron chi connectivity index (χ1n) is 9.55. The molecule has 0 radical (unpaired) electrons. The molecular weight excluding hydrogens is 334 g/mol. The van der Waals surface area contributed by atoms with Crippen molar-refractivity contribution in [2.75, 3.05) is 7.05 Å². The number of nitrogens with zero attached hydrogens (tertiary/aromatic N) is 2. The van der Waals surface area contributed by atoms with Crippen LogP contribution in [0.1, 0.15) is 32.8 Å². The van der Waals surface area contributed by atoms with Gasteiger partial charge in [0, 0.05) is 12.5 Å². The number of rotatable bonds is 3. The second kappa shape index (κ2) is 5.95. The van der Waals surface area contributed by atoms with Gasteiger partial charge in [-0.25, -0.2) is 4.99 Å². The molecule has 4 nitrogen and oxygen atoms in total. The zero-order valence-corrected chi connectivity index (χ0v) is 16.4. The molecular formula is C23H27N3O. The average molecular weight is 361 g/mol. The molecule has 27 heavy (non-hydrogen) atoms. The van der Waals surface area contributed by atoms with E-state index in [0.717, 1.165) is 0 Å². The fraction of sp³-hybridized carbons (Fsp3) is 0.391. The molecule has 1 aliphatic carbocycles. The van der Waals surface area contributed by atoms with Crippen molar-refractivity contribution < 1.29 is 4.79 Å². The molecule has 1 aliphatic heterocycles. The van der Waals surface area contributed by atoms with Crippen LogP contribution >= 0.6 is 0 Å². The van der Waals surface area contributed by atoms with Crippen LogP contribution in [0.5, 0.6) is 0 Å². The Morgan fingerprint density at radius 3 is 2.41 bits per heavy atom. The minimum Gasteiger partial charge on any atom is -0.369 e. The summed E-state index contributed by atoms with van der Waals surface area (Å²) < 4.78 is 0. The van der Waals surface area contributed by atoms with E-state index in [1.807, 2.05) is 6.07 Å². The van der Waals surface area contributed by atoms with Gasteiger partial charge in [-0.2, -0.15) is 0 Å². The van der Waals surface area contributed by atoms with Crippen molar-refractivity contribution in [3.05, 3.63) is 60.2 Å². The summed E-state index contributed by atoms with van der Waals surface area (Å²) in [5.74, 6) is 1.09. The largest absolute Gasteiger partial charge is 0.369 e. The molecule has 1 fully saturated rings. The number of aliphatic imine (C=N–C) groups is 1. The van der Waals surface area contributed by atoms with Gasteiger partial charge in [0.05, 0.1) is 12.0 Å². The number of carbonyl (C=O) groups excluding carboxylic acids is 1. The van der Waals surface area contributed by atoms with E-state index in [9.17, 15) is 4.79 Å². The van der Waals surface area contributed by atoms with Crippen molar-refractivity contribution in [2.45, 2.75) is 38.1 Å². The Kier molecular flexibility index (Phi) is 3.91. The molecule has 2 aromatic carbocycles. The van der Waals surface area contributed by atoms with E-state index in [-0.39, 0.29) is 17.2 Å². The van der Waals surface area contributed by atoms with Crippen LogP contribution in [0.25, 0.3) is 11.1 Å². The molecule has 4 atom stereocenters. The second-order valence-electron chi connectivity index (χ2n) is 8.45. The lowest BCUT2D eigenvalue weighted by Crippen LogP contribution is -2.50. The molecule has 0 saturated heterocycles. The summed E-state index contributed by atoms with van der Waals surface area (Å²) in [6.45, 7) is 6.64. The van der Waals surface area contributed by atoms with Crippen molar-refractivity contribution in [1.82, 2.24) is 4.90 Å². The van der Waals surface area contributed by atoms with E-state index in [0.29, 0.717) is 18.3 Å². The molecule has 4 heteroatoms. The summed E-state index contributed by atoms with van der Waals surface area (Å²) in [5, 5.41) is 0. The molecule has 2 N–H and O–H groups in total. The minimum absolute atomic E-state index is 0.0144. The molecule has 1 amide bonds. The van der Waals surface area contributed by atoms with Gasteiger partial charge >= 0.3 is 0 Å². The molecule has 1 heterocycles. The highest BCUT2D eigenvalue weighted by Gasteiger charge is 2.67. The van der Waals surface area contributed by atoms with Crippen LogP contribution in [0.3, 0.4) is 0 Å². The predicted octanol–water partition coefficient (Wildman–Crippen LogP) is 3.81. The number of carbonyl (C=O) groups is 1. The Balaban J connectivity index is 1.70. The van der Waals surface area contributed by atoms with E-state index in [1.165, 1.54) is 21.6 Å². The zero-order chi connectivity index (χ0) is 19.4. The first-order chi connectivity index (χ1) is 12.8. The molecule has 140 valence electrons. The third-order valence-corrected chi connectivity index (χ3v) is 6.84. The summed E-state index contributed by atoms with van der Waals surface area (Å²) in [6, 6.07) is 19.2. The van der Waals surface area contributed by atoms with Gasteiger partial charge in [0.25, 0.3) is 0 Å². The standard InChI is InChI=1S/C23H27N3O/c1-15-20(22(2)14-19(27)26(4)21(24)25-22)23(15,3)18-12-8-11-17(13-18)16-9-6-5-7-10-16/h5-13,15,20H,14H2,1-4H3,(H2,24,25). The lowest BCUT2D eigenvalue weighted by molar-refractivity contribution is -0.128. The van der Waals surface area contributed by atoms with E-state index in [4.69, 9.17) is 10.7 Å². The second-order valence-corrected chi connectivity index (χ2v) is 8.45. The van der Waals surface area contributed by atoms with Gasteiger partial charge in [-0.1, -0.05) is 68.4 Å². The molecule has 2 aliphatic rings. The SMILES string of the molecule is CC1C(C2(C)CC(=O)N(C)C(N)=N2)C1(C)c1cccc(-c2ccccc2)c1. The third-order valence-electron chi connectivity index (χ3n) is 6.84. The van der Waals surface area contributed by atoms with Gasteiger partial charge in [0.15, 0.2) is 5.96 Å². The van der Waals surface area contributed by atoms with Crippen molar-refractivity contribution >= 4 is 11.9 Å². The van der Waals surface area contributed by atoms with Gasteiger partial charge in [0.2, 0.25) is 5.91 Å². The van der Waals surface area contributed by atoms with Gasteiger partial charge in [0.1, 0.15) is 0 Å². The van der Waals surface area contributed by atoms with E-state index in [1.54, 1.807) is 7.05 Å². The van der Waals surface area contributed by atoms with Crippen molar-refractivity contribution in [3.63, 3.8) is 0 Å². The minimum atomic E-state index is -0.454. The first-order valence-corrected chi connectivity index (χ1v) is 9.55. The van der Waals surface area contributed by atoms with E-state index >= 15 is 0 Å². The normalized spacial score (nSPS) is 33.0. The Bertz CT molecular complexity index is 922. The van der Waals surface area contributed by atoms with Crippen LogP contribution in [-0.4, -0.2) is 29.4 Å². The Morgan fingerprint density at radius 1 is 1.07 bits per heavy atom. The Morgan fingerprint density at radius 2 is 1.74 bits per heavy atom. The number of amides is 1. The number of guanidine groups is 1. The quantitative estimate of drug-likeness (QED) is 0.904. The summed E-state index contributed by atoms with van der Waals surface area (Å²) in [7, 11) is 1.69. The van der Waals surface area contributed by atoms with Crippen molar-refractivity contribution in [3.8, 4) is 11.1 Å². The fourth-order valence-electron chi connectivity index (χ4n) is 5.13. The lowest BCUT2D eigenvalue weighted by Gasteiger charge is -2.35. The highest BCUT2D eigenvalue weighted by atomic mass is 16.2. The fourth-order valence-corrected chi connectivity index (χ4v) is 5.13. The predicted molar refractivity (Wildman–Crippen MR) is 109 cm³/mol. The maximum atomic E-state index is 12.4. The molecule has 0 spiro atoms. The van der Waals surface area contributed by atoms with Gasteiger partial charge < -0.3 is 5.73 Å². The maximum absolute atomic E-state index is 12.4. The maximum Gasteiger partial charge on any atom is 0.231 e. The monoisotopic (exact) mass is 361 g/mol. The van der Waals surface area contributed by atoms with E-state index in [2.05, 4.69) is 69.3 Å². The topological polar surface area (TPSA) is 58.7 Å². The number of hydrogen-bond acceptors (Lipinski definition) is 3. The van der Waals surface area contributed by atoms with Crippen LogP contribution < -0.4 is 5.73 Å². The number of hydrogen-bond donors (Lipinski definition) is 1. The van der Waals surface area contributed by atoms with Crippen LogP contribution in [0.15, 0.2) is 59.6 Å². The zero-order valence-electron chi connectivity index (χ0n) is 16.4. The summed E-state index contributed by atoms with van der Waals surface area (Å²) in [4.78, 5) is 18.6. The molecule has 4 unspecified atom stereocenters. The molecule has 4 rings (SSSR count). The smallest absolute Gasteiger partial charge is 0.231 e. The molecule has 0 bridgehead atoms. The third kappa shape index (κ3) is 2.66. The summed E-state index contributed by atoms with van der Waals surface area (Å²) in [5.41, 5.74) is 9.32. The van der Waals surface area contributed by atoms with Crippen LogP contribution in [0.4, 0.5) is 0 Å². The lowest BCUT2D eigenvalue weighted by atomic mass is 9.82. The van der Waals surface area contributed by atoms with Crippen molar-refractivity contribution in [1.29, 1.82) is 0 Å². The summed E-state index contributed by atoms with van der Waals surface area (Å²) >= 11 is 0. The van der Waals surface area contributed by atoms with Crippen LogP contribution in [0.2, 0.25) is 0 Å². The van der Waals surface area contributed by atoms with Crippen LogP contribution in [-0.2, 0) is 10.2 Å². The van der Waals surface area contributed by atoms with E-state index < -0.39 is 5.54 Å². The first kappa shape index (κ1) is 17.8. The van der Waals surface area contributed by atoms with Gasteiger partial charge in [-0.15, -0.1) is 0 Å². The Labute approximate surface area is 161 Å². The van der Waals surface area contributed by atoms with Gasteiger partial charge in [-0.05, 0) is 35.4 Å². The number of nitrogens with two attached hydrogens (primary N) is 1. The van der Waals surface area contributed by atoms with Gasteiger partial charge in [-0.3, -0.25) is 9.69 Å². The average Bonchev–Trinajstić information content (AvgIpc) is 3.24. The summed E-state index contributed by atoms with van der Waals surface area (Å²) in [6.07, 6.45) is 0.410. The van der Waals surface area contributed by atoms with Crippen LogP contribution in [0, 0.1) is 11.8 Å². The molecule has 1 saturated carbocycles. The highest BCUT2D eigenvalue weighted by Crippen LogP contribution is 2.65. The molecule has 2 aromatic rings. The Hall–Kier alpha value is -2.62.